The molecule has 0 amide bonds. The van der Waals surface area contributed by atoms with Crippen molar-refractivity contribution in [2.24, 2.45) is 0 Å². The Morgan fingerprint density at radius 3 is 2.62 bits per heavy atom. The molecule has 0 rings (SSSR count). The molecule has 0 aliphatic rings. The van der Waals surface area contributed by atoms with Crippen molar-refractivity contribution in [3.63, 3.8) is 0 Å². The average molecular weight is 186 g/mol. The first-order valence-corrected chi connectivity index (χ1v) is 3.78. The van der Waals surface area contributed by atoms with Gasteiger partial charge in [0.2, 0.25) is 5.83 Å². The second kappa shape index (κ2) is 6.11. The van der Waals surface area contributed by atoms with Gasteiger partial charge in [0.15, 0.2) is 0 Å². The lowest BCUT2D eigenvalue weighted by Gasteiger charge is -1.97. The second-order valence-electron chi connectivity index (χ2n) is 2.26. The maximum absolute atomic E-state index is 12.8. The molecular formula is C9H11FO3. The van der Waals surface area contributed by atoms with Crippen LogP contribution in [-0.2, 0) is 14.3 Å². The fourth-order valence-corrected chi connectivity index (χ4v) is 0.614. The molecule has 0 bridgehead atoms. The first-order chi connectivity index (χ1) is 6.11. The molecule has 0 aromatic carbocycles. The van der Waals surface area contributed by atoms with Crippen LogP contribution in [0.25, 0.3) is 0 Å². The Labute approximate surface area is 75.9 Å². The van der Waals surface area contributed by atoms with Gasteiger partial charge in [0.1, 0.15) is 6.29 Å². The molecule has 13 heavy (non-hydrogen) atoms. The zero-order valence-corrected chi connectivity index (χ0v) is 7.54. The summed E-state index contributed by atoms with van der Waals surface area (Å²) in [5.74, 6) is -2.02. The van der Waals surface area contributed by atoms with Gasteiger partial charge in [-0.05, 0) is 31.6 Å². The molecule has 4 heteroatoms. The van der Waals surface area contributed by atoms with E-state index in [1.807, 2.05) is 0 Å². The normalized spacial score (nSPS) is 12.5. The monoisotopic (exact) mass is 186 g/mol. The van der Waals surface area contributed by atoms with Gasteiger partial charge < -0.3 is 4.74 Å². The minimum Gasteiger partial charge on any atom is -0.461 e. The van der Waals surface area contributed by atoms with Crippen molar-refractivity contribution in [3.05, 3.63) is 23.6 Å². The van der Waals surface area contributed by atoms with Crippen LogP contribution in [0.4, 0.5) is 4.39 Å². The van der Waals surface area contributed by atoms with Gasteiger partial charge >= 0.3 is 5.97 Å². The largest absolute Gasteiger partial charge is 0.461 e. The molecule has 0 aliphatic heterocycles. The molecule has 3 nitrogen and oxygen atoms in total. The van der Waals surface area contributed by atoms with E-state index in [-0.39, 0.29) is 6.61 Å². The predicted molar refractivity (Wildman–Crippen MR) is 45.6 cm³/mol. The van der Waals surface area contributed by atoms with Crippen LogP contribution in [-0.4, -0.2) is 18.9 Å². The molecular weight excluding hydrogens is 175 g/mol. The van der Waals surface area contributed by atoms with E-state index >= 15 is 0 Å². The van der Waals surface area contributed by atoms with E-state index in [4.69, 9.17) is 0 Å². The van der Waals surface area contributed by atoms with E-state index in [0.29, 0.717) is 11.9 Å². The van der Waals surface area contributed by atoms with Crippen molar-refractivity contribution in [2.75, 3.05) is 6.61 Å². The van der Waals surface area contributed by atoms with Crippen molar-refractivity contribution in [1.82, 2.24) is 0 Å². The zero-order chi connectivity index (χ0) is 10.3. The number of carbonyl (C=O) groups is 2. The Morgan fingerprint density at radius 2 is 2.15 bits per heavy atom. The fraction of sp³-hybridized carbons (Fsp3) is 0.333. The van der Waals surface area contributed by atoms with Gasteiger partial charge in [-0.15, -0.1) is 0 Å². The van der Waals surface area contributed by atoms with Crippen LogP contribution >= 0.6 is 0 Å². The number of hydrogen-bond donors (Lipinski definition) is 0. The summed E-state index contributed by atoms with van der Waals surface area (Å²) in [5.41, 5.74) is 0.362. The van der Waals surface area contributed by atoms with Crippen LogP contribution in [0.15, 0.2) is 23.6 Å². The van der Waals surface area contributed by atoms with Gasteiger partial charge in [0, 0.05) is 0 Å². The molecule has 72 valence electrons. The average Bonchev–Trinajstić information content (AvgIpc) is 2.05. The third-order valence-electron chi connectivity index (χ3n) is 1.16. The second-order valence-corrected chi connectivity index (χ2v) is 2.26. The maximum Gasteiger partial charge on any atom is 0.367 e. The molecule has 0 aromatic rings. The number of rotatable bonds is 4. The molecule has 0 unspecified atom stereocenters. The lowest BCUT2D eigenvalue weighted by atomic mass is 10.2. The molecule has 0 heterocycles. The molecule has 0 aromatic heterocycles. The third-order valence-corrected chi connectivity index (χ3v) is 1.16. The van der Waals surface area contributed by atoms with Crippen molar-refractivity contribution < 1.29 is 18.7 Å². The van der Waals surface area contributed by atoms with Gasteiger partial charge in [-0.1, -0.05) is 0 Å². The molecule has 0 atom stereocenters. The van der Waals surface area contributed by atoms with Crippen LogP contribution in [0.5, 0.6) is 0 Å². The Hall–Kier alpha value is -1.45. The summed E-state index contributed by atoms with van der Waals surface area (Å²) in [6.07, 6.45) is 2.62. The Kier molecular flexibility index (Phi) is 5.43. The number of ether oxygens (including phenoxy) is 1. The minimum absolute atomic E-state index is 0.122. The van der Waals surface area contributed by atoms with E-state index < -0.39 is 11.8 Å². The molecule has 0 radical (unpaired) electrons. The highest BCUT2D eigenvalue weighted by atomic mass is 19.1. The summed E-state index contributed by atoms with van der Waals surface area (Å²) in [7, 11) is 0. The minimum atomic E-state index is -1.01. The molecule has 0 fully saturated rings. The van der Waals surface area contributed by atoms with Crippen molar-refractivity contribution in [1.29, 1.82) is 0 Å². The number of esters is 1. The first kappa shape index (κ1) is 11.6. The van der Waals surface area contributed by atoms with Crippen LogP contribution in [0.2, 0.25) is 0 Å². The van der Waals surface area contributed by atoms with Crippen LogP contribution in [0.1, 0.15) is 13.8 Å². The summed E-state index contributed by atoms with van der Waals surface area (Å²) < 4.78 is 17.2. The summed E-state index contributed by atoms with van der Waals surface area (Å²) in [6, 6.07) is 0. The van der Waals surface area contributed by atoms with E-state index in [1.165, 1.54) is 6.92 Å². The van der Waals surface area contributed by atoms with Gasteiger partial charge in [-0.3, -0.25) is 4.79 Å². The van der Waals surface area contributed by atoms with Crippen LogP contribution < -0.4 is 0 Å². The lowest BCUT2D eigenvalue weighted by molar-refractivity contribution is -0.140. The van der Waals surface area contributed by atoms with Crippen LogP contribution in [0.3, 0.4) is 0 Å². The third kappa shape index (κ3) is 4.90. The van der Waals surface area contributed by atoms with Gasteiger partial charge in [-0.25, -0.2) is 4.79 Å². The summed E-state index contributed by atoms with van der Waals surface area (Å²) in [5, 5.41) is 0. The number of aldehydes is 1. The Bertz CT molecular complexity index is 254. The number of carbonyl (C=O) groups excluding carboxylic acids is 2. The van der Waals surface area contributed by atoms with Gasteiger partial charge in [0.05, 0.1) is 6.61 Å². The fourth-order valence-electron chi connectivity index (χ4n) is 0.614. The number of hydrogen-bond acceptors (Lipinski definition) is 3. The number of allylic oxidation sites excluding steroid dienone is 3. The molecule has 0 saturated heterocycles. The van der Waals surface area contributed by atoms with E-state index in [1.54, 1.807) is 6.92 Å². The smallest absolute Gasteiger partial charge is 0.367 e. The SMILES string of the molecule is CCOC(=O)/C(F)=C/C(C)=C/C=O. The summed E-state index contributed by atoms with van der Waals surface area (Å²) in [6.45, 7) is 3.21. The molecule has 0 saturated carbocycles. The van der Waals surface area contributed by atoms with Crippen molar-refractivity contribution in [2.45, 2.75) is 13.8 Å². The van der Waals surface area contributed by atoms with E-state index in [0.717, 1.165) is 12.2 Å². The zero-order valence-electron chi connectivity index (χ0n) is 7.54. The molecule has 0 N–H and O–H groups in total. The van der Waals surface area contributed by atoms with Crippen molar-refractivity contribution in [3.8, 4) is 0 Å². The summed E-state index contributed by atoms with van der Waals surface area (Å²) >= 11 is 0. The van der Waals surface area contributed by atoms with Gasteiger partial charge in [0.25, 0.3) is 0 Å². The number of halogens is 1. The first-order valence-electron chi connectivity index (χ1n) is 3.78. The Morgan fingerprint density at radius 1 is 1.54 bits per heavy atom. The van der Waals surface area contributed by atoms with E-state index in [9.17, 15) is 14.0 Å². The predicted octanol–water partition coefficient (Wildman–Crippen LogP) is 1.55. The summed E-state index contributed by atoms with van der Waals surface area (Å²) in [4.78, 5) is 20.6. The molecule has 0 aliphatic carbocycles. The van der Waals surface area contributed by atoms with Crippen molar-refractivity contribution >= 4 is 12.3 Å². The highest BCUT2D eigenvalue weighted by Gasteiger charge is 2.08. The van der Waals surface area contributed by atoms with E-state index in [2.05, 4.69) is 4.74 Å². The lowest BCUT2D eigenvalue weighted by Crippen LogP contribution is -2.04. The maximum atomic E-state index is 12.8. The highest BCUT2D eigenvalue weighted by molar-refractivity contribution is 5.86. The standard InChI is InChI=1S/C9H11FO3/c1-3-13-9(12)8(10)6-7(2)4-5-11/h4-6H,3H2,1-2H3/b7-4+,8-6-. The van der Waals surface area contributed by atoms with Crippen LogP contribution in [0, 0.1) is 0 Å². The Balaban J connectivity index is 4.39. The molecule has 0 spiro atoms. The van der Waals surface area contributed by atoms with Gasteiger partial charge in [-0.2, -0.15) is 4.39 Å². The quantitative estimate of drug-likeness (QED) is 0.289. The highest BCUT2D eigenvalue weighted by Crippen LogP contribution is 2.04. The topological polar surface area (TPSA) is 43.4 Å².